The molecule has 2 heterocycles. The quantitative estimate of drug-likeness (QED) is 0.569. The summed E-state index contributed by atoms with van der Waals surface area (Å²) >= 11 is 0. The number of hydrogen-bond donors (Lipinski definition) is 2. The second-order valence-corrected chi connectivity index (χ2v) is 8.56. The third kappa shape index (κ3) is 5.70. The third-order valence-electron chi connectivity index (χ3n) is 6.31. The minimum absolute atomic E-state index is 0.0419. The number of carbonyl (C=O) groups excluding carboxylic acids is 3. The van der Waals surface area contributed by atoms with Gasteiger partial charge in [-0.3, -0.25) is 9.80 Å². The molecule has 2 aliphatic rings. The van der Waals surface area contributed by atoms with Gasteiger partial charge in [0.1, 0.15) is 0 Å². The van der Waals surface area contributed by atoms with Crippen LogP contribution in [0.5, 0.6) is 0 Å². The van der Waals surface area contributed by atoms with Gasteiger partial charge in [0.05, 0.1) is 18.2 Å². The second-order valence-electron chi connectivity index (χ2n) is 8.56. The van der Waals surface area contributed by atoms with Crippen molar-refractivity contribution in [1.29, 1.82) is 0 Å². The first-order valence-corrected chi connectivity index (χ1v) is 12.2. The molecule has 186 valence electrons. The first kappa shape index (κ1) is 25.6. The number of benzene rings is 1. The highest BCUT2D eigenvalue weighted by Gasteiger charge is 2.39. The van der Waals surface area contributed by atoms with E-state index in [0.29, 0.717) is 57.1 Å². The number of aryl methyl sites for hydroxylation is 1. The molecule has 0 unspecified atom stereocenters. The van der Waals surface area contributed by atoms with Crippen LogP contribution in [0.25, 0.3) is 0 Å². The first-order chi connectivity index (χ1) is 16.4. The Morgan fingerprint density at radius 2 is 1.82 bits per heavy atom. The largest absolute Gasteiger partial charge is 0.463 e. The number of rotatable bonds is 8. The first-order valence-electron chi connectivity index (χ1n) is 12.2. The van der Waals surface area contributed by atoms with E-state index in [1.165, 1.54) is 0 Å². The smallest absolute Gasteiger partial charge is 0.338 e. The molecule has 2 N–H and O–H groups in total. The lowest BCUT2D eigenvalue weighted by molar-refractivity contribution is -0.139. The monoisotopic (exact) mass is 471 g/mol. The fourth-order valence-electron chi connectivity index (χ4n) is 4.47. The summed E-state index contributed by atoms with van der Waals surface area (Å²) in [5.41, 5.74) is 3.01. The summed E-state index contributed by atoms with van der Waals surface area (Å²) in [6.45, 7) is 12.0. The predicted octanol–water partition coefficient (Wildman–Crippen LogP) is 2.64. The molecular formula is C25H37N5O4. The number of hydrogen-bond acceptors (Lipinski definition) is 5. The number of amides is 4. The van der Waals surface area contributed by atoms with Gasteiger partial charge in [0, 0.05) is 51.5 Å². The van der Waals surface area contributed by atoms with E-state index in [1.807, 2.05) is 49.9 Å². The number of nitrogens with one attached hydrogen (secondary N) is 2. The molecule has 9 heteroatoms. The van der Waals surface area contributed by atoms with Gasteiger partial charge >= 0.3 is 18.0 Å². The van der Waals surface area contributed by atoms with Gasteiger partial charge in [-0.2, -0.15) is 0 Å². The molecule has 0 aromatic heterocycles. The Morgan fingerprint density at radius 3 is 2.44 bits per heavy atom. The highest BCUT2D eigenvalue weighted by atomic mass is 16.5. The molecule has 1 aromatic rings. The van der Waals surface area contributed by atoms with E-state index in [4.69, 9.17) is 4.74 Å². The molecule has 2 aliphatic heterocycles. The summed E-state index contributed by atoms with van der Waals surface area (Å²) in [6, 6.07) is 6.91. The summed E-state index contributed by atoms with van der Waals surface area (Å²) in [4.78, 5) is 44.2. The Labute approximate surface area is 202 Å². The Bertz CT molecular complexity index is 924. The number of urea groups is 2. The molecule has 0 aliphatic carbocycles. The van der Waals surface area contributed by atoms with Gasteiger partial charge in [0.25, 0.3) is 0 Å². The van der Waals surface area contributed by atoms with Gasteiger partial charge in [0.15, 0.2) is 0 Å². The molecule has 1 aromatic carbocycles. The van der Waals surface area contributed by atoms with Gasteiger partial charge in [-0.25, -0.2) is 14.4 Å². The van der Waals surface area contributed by atoms with Gasteiger partial charge < -0.3 is 20.3 Å². The minimum atomic E-state index is -0.577. The minimum Gasteiger partial charge on any atom is -0.463 e. The van der Waals surface area contributed by atoms with Crippen molar-refractivity contribution in [2.75, 3.05) is 52.4 Å². The molecule has 0 spiro atoms. The van der Waals surface area contributed by atoms with E-state index < -0.39 is 12.0 Å². The van der Waals surface area contributed by atoms with Crippen molar-refractivity contribution >= 4 is 18.0 Å². The molecule has 1 atom stereocenters. The summed E-state index contributed by atoms with van der Waals surface area (Å²) in [7, 11) is 0. The maximum absolute atomic E-state index is 13.2. The van der Waals surface area contributed by atoms with Crippen LogP contribution in [0.3, 0.4) is 0 Å². The highest BCUT2D eigenvalue weighted by molar-refractivity contribution is 5.95. The SMILES string of the molecule is CCCNC(=O)N1CCN(CC2=C(C(=O)OCC)[C@@H](c3ccccc3C)NC(=O)N2CC)CC1. The molecule has 1 fully saturated rings. The Morgan fingerprint density at radius 1 is 1.12 bits per heavy atom. The summed E-state index contributed by atoms with van der Waals surface area (Å²) in [6.07, 6.45) is 0.896. The van der Waals surface area contributed by atoms with Crippen molar-refractivity contribution in [2.24, 2.45) is 0 Å². The Hall–Kier alpha value is -3.07. The topological polar surface area (TPSA) is 94.2 Å². The summed E-state index contributed by atoms with van der Waals surface area (Å²) in [5, 5.41) is 5.94. The van der Waals surface area contributed by atoms with Crippen LogP contribution in [-0.4, -0.2) is 85.2 Å². The second kappa shape index (κ2) is 11.9. The number of piperazine rings is 1. The molecular weight excluding hydrogens is 434 g/mol. The van der Waals surface area contributed by atoms with Crippen LogP contribution in [0, 0.1) is 6.92 Å². The molecule has 0 saturated carbocycles. The Kier molecular flexibility index (Phi) is 8.92. The van der Waals surface area contributed by atoms with E-state index in [9.17, 15) is 14.4 Å². The fraction of sp³-hybridized carbons (Fsp3) is 0.560. The zero-order valence-electron chi connectivity index (χ0n) is 20.7. The molecule has 3 rings (SSSR count). The molecule has 0 radical (unpaired) electrons. The van der Waals surface area contributed by atoms with Gasteiger partial charge in [0.2, 0.25) is 0 Å². The van der Waals surface area contributed by atoms with E-state index >= 15 is 0 Å². The molecule has 9 nitrogen and oxygen atoms in total. The van der Waals surface area contributed by atoms with Crippen LogP contribution in [0.15, 0.2) is 35.5 Å². The lowest BCUT2D eigenvalue weighted by Crippen LogP contribution is -2.55. The number of nitrogens with zero attached hydrogens (tertiary/aromatic N) is 3. The predicted molar refractivity (Wildman–Crippen MR) is 130 cm³/mol. The third-order valence-corrected chi connectivity index (χ3v) is 6.31. The van der Waals surface area contributed by atoms with Crippen molar-refractivity contribution < 1.29 is 19.1 Å². The lowest BCUT2D eigenvalue weighted by atomic mass is 9.91. The van der Waals surface area contributed by atoms with Crippen molar-refractivity contribution in [3.63, 3.8) is 0 Å². The number of likely N-dealkylation sites (N-methyl/N-ethyl adjacent to an activating group) is 1. The van der Waals surface area contributed by atoms with Crippen molar-refractivity contribution in [3.05, 3.63) is 46.7 Å². The van der Waals surface area contributed by atoms with Crippen LogP contribution in [0.4, 0.5) is 9.59 Å². The number of esters is 1. The van der Waals surface area contributed by atoms with Crippen LogP contribution < -0.4 is 10.6 Å². The number of carbonyl (C=O) groups is 3. The standard InChI is InChI=1S/C25H37N5O4/c1-5-12-26-24(32)29-15-13-28(14-16-29)17-20-21(23(31)34-7-3)22(27-25(33)30(20)6-2)19-11-9-8-10-18(19)4/h8-11,22H,5-7,12-17H2,1-4H3,(H,26,32)(H,27,33)/t22-/m1/s1. The van der Waals surface area contributed by atoms with Crippen molar-refractivity contribution in [2.45, 2.75) is 40.2 Å². The van der Waals surface area contributed by atoms with E-state index in [1.54, 1.807) is 11.8 Å². The maximum atomic E-state index is 13.2. The lowest BCUT2D eigenvalue weighted by Gasteiger charge is -2.40. The van der Waals surface area contributed by atoms with Crippen LogP contribution in [-0.2, 0) is 9.53 Å². The molecule has 4 amide bonds. The average Bonchev–Trinajstić information content (AvgIpc) is 2.83. The van der Waals surface area contributed by atoms with Crippen molar-refractivity contribution in [1.82, 2.24) is 25.3 Å². The van der Waals surface area contributed by atoms with Gasteiger partial charge in [-0.1, -0.05) is 31.2 Å². The van der Waals surface area contributed by atoms with E-state index in [2.05, 4.69) is 15.5 Å². The van der Waals surface area contributed by atoms with Crippen LogP contribution >= 0.6 is 0 Å². The Balaban J connectivity index is 1.90. The van der Waals surface area contributed by atoms with Crippen molar-refractivity contribution in [3.8, 4) is 0 Å². The zero-order chi connectivity index (χ0) is 24.7. The van der Waals surface area contributed by atoms with Crippen LogP contribution in [0.2, 0.25) is 0 Å². The number of ether oxygens (including phenoxy) is 1. The molecule has 34 heavy (non-hydrogen) atoms. The zero-order valence-corrected chi connectivity index (χ0v) is 20.7. The van der Waals surface area contributed by atoms with Gasteiger partial charge in [-0.15, -0.1) is 0 Å². The molecule has 0 bridgehead atoms. The average molecular weight is 472 g/mol. The summed E-state index contributed by atoms with van der Waals surface area (Å²) in [5.74, 6) is -0.415. The van der Waals surface area contributed by atoms with Crippen LogP contribution in [0.1, 0.15) is 44.4 Å². The normalized spacial score (nSPS) is 19.2. The molecule has 1 saturated heterocycles. The fourth-order valence-corrected chi connectivity index (χ4v) is 4.47. The maximum Gasteiger partial charge on any atom is 0.338 e. The van der Waals surface area contributed by atoms with E-state index in [-0.39, 0.29) is 18.7 Å². The summed E-state index contributed by atoms with van der Waals surface area (Å²) < 4.78 is 5.45. The van der Waals surface area contributed by atoms with E-state index in [0.717, 1.165) is 17.5 Å². The van der Waals surface area contributed by atoms with Gasteiger partial charge in [-0.05, 0) is 38.3 Å². The highest BCUT2D eigenvalue weighted by Crippen LogP contribution is 2.33.